The standard InChI is InChI=1S/C12H26N2/c1-9(2)10(3)13-12-7-6-8-14(5)11(12)4/h9-13H,6-8H2,1-5H3. The van der Waals surface area contributed by atoms with Crippen LogP contribution < -0.4 is 5.32 Å². The molecule has 1 aliphatic heterocycles. The predicted octanol–water partition coefficient (Wildman–Crippen LogP) is 2.10. The van der Waals surface area contributed by atoms with Crippen molar-refractivity contribution >= 4 is 0 Å². The van der Waals surface area contributed by atoms with Crippen molar-refractivity contribution in [2.24, 2.45) is 5.92 Å². The zero-order valence-electron chi connectivity index (χ0n) is 10.4. The fourth-order valence-corrected chi connectivity index (χ4v) is 2.07. The summed E-state index contributed by atoms with van der Waals surface area (Å²) in [5.41, 5.74) is 0. The summed E-state index contributed by atoms with van der Waals surface area (Å²) in [6, 6.07) is 2.00. The molecule has 0 spiro atoms. The van der Waals surface area contributed by atoms with E-state index in [1.165, 1.54) is 19.4 Å². The van der Waals surface area contributed by atoms with Gasteiger partial charge in [0.15, 0.2) is 0 Å². The van der Waals surface area contributed by atoms with Crippen LogP contribution in [0.5, 0.6) is 0 Å². The van der Waals surface area contributed by atoms with E-state index in [1.807, 2.05) is 0 Å². The lowest BCUT2D eigenvalue weighted by molar-refractivity contribution is 0.142. The van der Waals surface area contributed by atoms with Crippen LogP contribution in [0.1, 0.15) is 40.5 Å². The number of piperidine rings is 1. The van der Waals surface area contributed by atoms with E-state index in [4.69, 9.17) is 0 Å². The second-order valence-electron chi connectivity index (χ2n) is 5.17. The molecule has 1 aliphatic rings. The molecule has 2 heteroatoms. The summed E-state index contributed by atoms with van der Waals surface area (Å²) in [5.74, 6) is 0.731. The minimum absolute atomic E-state index is 0.633. The van der Waals surface area contributed by atoms with Crippen LogP contribution in [0.2, 0.25) is 0 Å². The third-order valence-electron chi connectivity index (χ3n) is 3.78. The molecule has 1 fully saturated rings. The Hall–Kier alpha value is -0.0800. The fourth-order valence-electron chi connectivity index (χ4n) is 2.07. The van der Waals surface area contributed by atoms with Crippen LogP contribution in [0.25, 0.3) is 0 Å². The van der Waals surface area contributed by atoms with Gasteiger partial charge in [0.25, 0.3) is 0 Å². The van der Waals surface area contributed by atoms with Crippen molar-refractivity contribution in [1.29, 1.82) is 0 Å². The first kappa shape index (κ1) is 12.0. The van der Waals surface area contributed by atoms with Gasteiger partial charge in [0.1, 0.15) is 0 Å². The Morgan fingerprint density at radius 1 is 1.29 bits per heavy atom. The van der Waals surface area contributed by atoms with Gasteiger partial charge in [0.05, 0.1) is 0 Å². The number of rotatable bonds is 3. The first-order valence-corrected chi connectivity index (χ1v) is 5.98. The Morgan fingerprint density at radius 2 is 1.93 bits per heavy atom. The van der Waals surface area contributed by atoms with E-state index in [0.717, 1.165) is 5.92 Å². The molecule has 0 amide bonds. The smallest absolute Gasteiger partial charge is 0.0223 e. The Labute approximate surface area is 89.1 Å². The molecular weight excluding hydrogens is 172 g/mol. The molecule has 0 aromatic carbocycles. The van der Waals surface area contributed by atoms with E-state index in [1.54, 1.807) is 0 Å². The molecule has 3 atom stereocenters. The average molecular weight is 198 g/mol. The first-order valence-electron chi connectivity index (χ1n) is 5.98. The van der Waals surface area contributed by atoms with Crippen LogP contribution in [0, 0.1) is 5.92 Å². The molecule has 0 saturated carbocycles. The summed E-state index contributed by atoms with van der Waals surface area (Å²) in [6.07, 6.45) is 2.67. The number of likely N-dealkylation sites (tertiary alicyclic amines) is 1. The second kappa shape index (κ2) is 5.13. The van der Waals surface area contributed by atoms with Crippen LogP contribution in [-0.2, 0) is 0 Å². The van der Waals surface area contributed by atoms with Gasteiger partial charge in [-0.1, -0.05) is 13.8 Å². The Kier molecular flexibility index (Phi) is 4.39. The molecule has 0 aliphatic carbocycles. The Balaban J connectivity index is 2.43. The predicted molar refractivity (Wildman–Crippen MR) is 62.5 cm³/mol. The number of hydrogen-bond donors (Lipinski definition) is 1. The number of nitrogens with one attached hydrogen (secondary N) is 1. The van der Waals surface area contributed by atoms with Crippen LogP contribution in [0.4, 0.5) is 0 Å². The van der Waals surface area contributed by atoms with Crippen LogP contribution in [0.3, 0.4) is 0 Å². The molecule has 1 N–H and O–H groups in total. The number of nitrogens with zero attached hydrogens (tertiary/aromatic N) is 1. The van der Waals surface area contributed by atoms with Crippen LogP contribution in [0.15, 0.2) is 0 Å². The highest BCUT2D eigenvalue weighted by Crippen LogP contribution is 2.17. The average Bonchev–Trinajstić information content (AvgIpc) is 2.12. The lowest BCUT2D eigenvalue weighted by Gasteiger charge is -2.39. The molecule has 0 aromatic rings. The van der Waals surface area contributed by atoms with Crippen LogP contribution in [-0.4, -0.2) is 36.6 Å². The topological polar surface area (TPSA) is 15.3 Å². The van der Waals surface area contributed by atoms with Gasteiger partial charge < -0.3 is 10.2 Å². The van der Waals surface area contributed by atoms with Crippen LogP contribution >= 0.6 is 0 Å². The van der Waals surface area contributed by atoms with Crippen molar-refractivity contribution in [3.63, 3.8) is 0 Å². The summed E-state index contributed by atoms with van der Waals surface area (Å²) in [7, 11) is 2.23. The lowest BCUT2D eigenvalue weighted by Crippen LogP contribution is -2.53. The normalized spacial score (nSPS) is 32.1. The zero-order chi connectivity index (χ0) is 10.7. The van der Waals surface area contributed by atoms with E-state index in [2.05, 4.69) is 45.0 Å². The van der Waals surface area contributed by atoms with E-state index >= 15 is 0 Å². The van der Waals surface area contributed by atoms with Crippen molar-refractivity contribution in [1.82, 2.24) is 10.2 Å². The maximum atomic E-state index is 3.76. The maximum Gasteiger partial charge on any atom is 0.0223 e. The third kappa shape index (κ3) is 2.96. The van der Waals surface area contributed by atoms with E-state index in [9.17, 15) is 0 Å². The molecule has 2 nitrogen and oxygen atoms in total. The second-order valence-corrected chi connectivity index (χ2v) is 5.17. The van der Waals surface area contributed by atoms with Crippen molar-refractivity contribution in [3.8, 4) is 0 Å². The van der Waals surface area contributed by atoms with E-state index in [-0.39, 0.29) is 0 Å². The highest BCUT2D eigenvalue weighted by molar-refractivity contribution is 4.86. The Morgan fingerprint density at radius 3 is 2.50 bits per heavy atom. The summed E-state index contributed by atoms with van der Waals surface area (Å²) in [4.78, 5) is 2.47. The maximum absolute atomic E-state index is 3.76. The molecule has 14 heavy (non-hydrogen) atoms. The summed E-state index contributed by atoms with van der Waals surface area (Å²) >= 11 is 0. The van der Waals surface area contributed by atoms with Gasteiger partial charge in [0, 0.05) is 18.1 Å². The number of likely N-dealkylation sites (N-methyl/N-ethyl adjacent to an activating group) is 1. The van der Waals surface area contributed by atoms with Crippen molar-refractivity contribution < 1.29 is 0 Å². The first-order chi connectivity index (χ1) is 6.52. The molecular formula is C12H26N2. The molecule has 0 bridgehead atoms. The van der Waals surface area contributed by atoms with Gasteiger partial charge >= 0.3 is 0 Å². The van der Waals surface area contributed by atoms with Crippen molar-refractivity contribution in [2.75, 3.05) is 13.6 Å². The largest absolute Gasteiger partial charge is 0.310 e. The van der Waals surface area contributed by atoms with Gasteiger partial charge in [0.2, 0.25) is 0 Å². The molecule has 1 rings (SSSR count). The van der Waals surface area contributed by atoms with Gasteiger partial charge in [-0.25, -0.2) is 0 Å². The van der Waals surface area contributed by atoms with Gasteiger partial charge in [-0.15, -0.1) is 0 Å². The fraction of sp³-hybridized carbons (Fsp3) is 1.00. The minimum atomic E-state index is 0.633. The third-order valence-corrected chi connectivity index (χ3v) is 3.78. The molecule has 1 saturated heterocycles. The molecule has 1 heterocycles. The SMILES string of the molecule is CC(C)C(C)NC1CCCN(C)C1C. The monoisotopic (exact) mass is 198 g/mol. The quantitative estimate of drug-likeness (QED) is 0.747. The van der Waals surface area contributed by atoms with E-state index < -0.39 is 0 Å². The minimum Gasteiger partial charge on any atom is -0.310 e. The van der Waals surface area contributed by atoms with Gasteiger partial charge in [-0.3, -0.25) is 0 Å². The van der Waals surface area contributed by atoms with Gasteiger partial charge in [-0.2, -0.15) is 0 Å². The van der Waals surface area contributed by atoms with E-state index in [0.29, 0.717) is 18.1 Å². The highest BCUT2D eigenvalue weighted by atomic mass is 15.2. The number of hydrogen-bond acceptors (Lipinski definition) is 2. The molecule has 0 radical (unpaired) electrons. The highest BCUT2D eigenvalue weighted by Gasteiger charge is 2.26. The summed E-state index contributed by atoms with van der Waals surface area (Å²) in [5, 5.41) is 3.76. The van der Waals surface area contributed by atoms with Crippen molar-refractivity contribution in [2.45, 2.75) is 58.7 Å². The Bertz CT molecular complexity index is 168. The molecule has 84 valence electrons. The lowest BCUT2D eigenvalue weighted by atomic mass is 9.95. The molecule has 3 unspecified atom stereocenters. The summed E-state index contributed by atoms with van der Waals surface area (Å²) in [6.45, 7) is 10.5. The van der Waals surface area contributed by atoms with Gasteiger partial charge in [-0.05, 0) is 46.2 Å². The van der Waals surface area contributed by atoms with Crippen molar-refractivity contribution in [3.05, 3.63) is 0 Å². The zero-order valence-corrected chi connectivity index (χ0v) is 10.4. The molecule has 0 aromatic heterocycles. The summed E-state index contributed by atoms with van der Waals surface area (Å²) < 4.78 is 0.